The first-order valence-electron chi connectivity index (χ1n) is 8.98. The summed E-state index contributed by atoms with van der Waals surface area (Å²) in [5, 5.41) is 20.6. The average molecular weight is 426 g/mol. The minimum absolute atomic E-state index is 0.0953. The number of para-hydroxylation sites is 1. The van der Waals surface area contributed by atoms with Gasteiger partial charge in [0.1, 0.15) is 11.3 Å². The number of nitrogens with zero attached hydrogens (tertiary/aromatic N) is 3. The lowest BCUT2D eigenvalue weighted by Gasteiger charge is -2.17. The van der Waals surface area contributed by atoms with Gasteiger partial charge in [-0.05, 0) is 42.0 Å². The molecule has 1 atom stereocenters. The molecular formula is C21H19N3O3S2. The van der Waals surface area contributed by atoms with Crippen molar-refractivity contribution in [2.75, 3.05) is 0 Å². The lowest BCUT2D eigenvalue weighted by molar-refractivity contribution is 0.414. The van der Waals surface area contributed by atoms with E-state index in [9.17, 15) is 15.0 Å². The molecule has 1 aliphatic heterocycles. The molecule has 0 bridgehead atoms. The average Bonchev–Trinajstić information content (AvgIpc) is 2.90. The minimum Gasteiger partial charge on any atom is -0.508 e. The van der Waals surface area contributed by atoms with Crippen LogP contribution in [0, 0.1) is 4.77 Å². The van der Waals surface area contributed by atoms with Crippen LogP contribution in [0.5, 0.6) is 11.6 Å². The Hall–Kier alpha value is -2.84. The minimum atomic E-state index is -0.386. The van der Waals surface area contributed by atoms with Crippen LogP contribution in [-0.4, -0.2) is 25.1 Å². The highest BCUT2D eigenvalue weighted by molar-refractivity contribution is 7.99. The van der Waals surface area contributed by atoms with E-state index < -0.39 is 0 Å². The number of phenolic OH excluding ortho intramolecular Hbond substituents is 1. The summed E-state index contributed by atoms with van der Waals surface area (Å²) in [6, 6.07) is 14.8. The van der Waals surface area contributed by atoms with Crippen LogP contribution in [0.1, 0.15) is 22.8 Å². The molecule has 2 heterocycles. The number of fused-ring (bicyclic) bond motifs is 1. The number of benzene rings is 2. The lowest BCUT2D eigenvalue weighted by Crippen LogP contribution is -2.29. The van der Waals surface area contributed by atoms with E-state index in [2.05, 4.69) is 0 Å². The van der Waals surface area contributed by atoms with E-state index in [-0.39, 0.29) is 32.8 Å². The number of thioether (sulfide) groups is 1. The summed E-state index contributed by atoms with van der Waals surface area (Å²) in [7, 11) is 3.20. The van der Waals surface area contributed by atoms with Crippen molar-refractivity contribution in [1.82, 2.24) is 9.13 Å². The van der Waals surface area contributed by atoms with Gasteiger partial charge in [0, 0.05) is 30.7 Å². The number of aliphatic imine (C=N–C) groups is 1. The molecule has 1 aliphatic rings. The van der Waals surface area contributed by atoms with Gasteiger partial charge in [-0.25, -0.2) is 0 Å². The molecule has 0 radical (unpaired) electrons. The maximum absolute atomic E-state index is 13.0. The molecule has 0 fully saturated rings. The zero-order chi connectivity index (χ0) is 20.7. The smallest absolute Gasteiger partial charge is 0.267 e. The first-order valence-corrected chi connectivity index (χ1v) is 10.3. The lowest BCUT2D eigenvalue weighted by atomic mass is 10.0. The number of hydrogen-bond donors (Lipinski definition) is 2. The molecule has 0 saturated carbocycles. The van der Waals surface area contributed by atoms with Gasteiger partial charge in [0.15, 0.2) is 4.77 Å². The summed E-state index contributed by atoms with van der Waals surface area (Å²) in [5.41, 5.74) is 1.90. The first-order chi connectivity index (χ1) is 13.9. The molecule has 4 rings (SSSR count). The summed E-state index contributed by atoms with van der Waals surface area (Å²) in [4.78, 5) is 18.7. The van der Waals surface area contributed by atoms with Gasteiger partial charge in [0.25, 0.3) is 5.56 Å². The van der Waals surface area contributed by atoms with Crippen LogP contribution in [0.4, 0.5) is 5.69 Å². The molecule has 1 unspecified atom stereocenters. The summed E-state index contributed by atoms with van der Waals surface area (Å²) in [6.07, 6.45) is 0.405. The number of rotatable bonds is 2. The van der Waals surface area contributed by atoms with Gasteiger partial charge < -0.3 is 10.2 Å². The van der Waals surface area contributed by atoms with Crippen molar-refractivity contribution < 1.29 is 10.2 Å². The van der Waals surface area contributed by atoms with E-state index in [1.54, 1.807) is 44.1 Å². The third-order valence-electron chi connectivity index (χ3n) is 4.93. The van der Waals surface area contributed by atoms with Crippen molar-refractivity contribution in [3.63, 3.8) is 0 Å². The Morgan fingerprint density at radius 3 is 2.62 bits per heavy atom. The van der Waals surface area contributed by atoms with Crippen molar-refractivity contribution in [2.45, 2.75) is 16.6 Å². The molecule has 0 spiro atoms. The van der Waals surface area contributed by atoms with Crippen molar-refractivity contribution >= 4 is 35.4 Å². The van der Waals surface area contributed by atoms with Crippen molar-refractivity contribution in [2.24, 2.45) is 19.1 Å². The predicted octanol–water partition coefficient (Wildman–Crippen LogP) is 4.22. The summed E-state index contributed by atoms with van der Waals surface area (Å²) >= 11 is 6.85. The zero-order valence-electron chi connectivity index (χ0n) is 15.9. The van der Waals surface area contributed by atoms with E-state index in [0.29, 0.717) is 12.1 Å². The third kappa shape index (κ3) is 3.49. The van der Waals surface area contributed by atoms with Crippen LogP contribution >= 0.6 is 24.0 Å². The number of phenols is 1. The second kappa shape index (κ2) is 7.53. The Labute approximate surface area is 176 Å². The van der Waals surface area contributed by atoms with Gasteiger partial charge in [-0.1, -0.05) is 24.3 Å². The maximum atomic E-state index is 13.0. The quantitative estimate of drug-likeness (QED) is 0.601. The molecular weight excluding hydrogens is 406 g/mol. The number of aromatic nitrogens is 2. The Bertz CT molecular complexity index is 1260. The van der Waals surface area contributed by atoms with Crippen LogP contribution in [-0.2, 0) is 14.1 Å². The van der Waals surface area contributed by atoms with E-state index in [0.717, 1.165) is 16.1 Å². The fourth-order valence-corrected chi connectivity index (χ4v) is 4.76. The van der Waals surface area contributed by atoms with Crippen LogP contribution < -0.4 is 5.56 Å². The third-order valence-corrected chi connectivity index (χ3v) is 6.80. The maximum Gasteiger partial charge on any atom is 0.267 e. The fraction of sp³-hybridized carbons (Fsp3) is 0.190. The summed E-state index contributed by atoms with van der Waals surface area (Å²) < 4.78 is 2.96. The second-order valence-electron chi connectivity index (χ2n) is 6.84. The van der Waals surface area contributed by atoms with Crippen molar-refractivity contribution in [1.29, 1.82) is 0 Å². The van der Waals surface area contributed by atoms with Crippen LogP contribution in [0.15, 0.2) is 63.2 Å². The molecule has 148 valence electrons. The first kappa shape index (κ1) is 19.5. The molecule has 29 heavy (non-hydrogen) atoms. The predicted molar refractivity (Wildman–Crippen MR) is 117 cm³/mol. The van der Waals surface area contributed by atoms with Crippen molar-refractivity contribution in [3.8, 4) is 11.6 Å². The van der Waals surface area contributed by atoms with Gasteiger partial charge in [-0.2, -0.15) is 0 Å². The summed E-state index contributed by atoms with van der Waals surface area (Å²) in [5.74, 6) is -0.0179. The highest BCUT2D eigenvalue weighted by Crippen LogP contribution is 2.46. The molecule has 2 aromatic carbocycles. The van der Waals surface area contributed by atoms with Crippen molar-refractivity contribution in [3.05, 3.63) is 74.8 Å². The van der Waals surface area contributed by atoms with E-state index in [4.69, 9.17) is 17.2 Å². The number of aromatic hydroxyl groups is 2. The highest BCUT2D eigenvalue weighted by Gasteiger charge is 2.27. The highest BCUT2D eigenvalue weighted by atomic mass is 32.2. The molecule has 2 N–H and O–H groups in total. The largest absolute Gasteiger partial charge is 0.508 e. The van der Waals surface area contributed by atoms with E-state index in [1.807, 2.05) is 30.3 Å². The normalized spacial score (nSPS) is 16.1. The van der Waals surface area contributed by atoms with Crippen LogP contribution in [0.25, 0.3) is 0 Å². The van der Waals surface area contributed by atoms with E-state index in [1.165, 1.54) is 9.13 Å². The Kier molecular flexibility index (Phi) is 5.06. The molecule has 0 saturated heterocycles. The molecule has 6 nitrogen and oxygen atoms in total. The van der Waals surface area contributed by atoms with Gasteiger partial charge in [-0.3, -0.25) is 18.9 Å². The molecule has 0 amide bonds. The summed E-state index contributed by atoms with van der Waals surface area (Å²) in [6.45, 7) is 0. The van der Waals surface area contributed by atoms with Gasteiger partial charge >= 0.3 is 0 Å². The molecule has 3 aromatic rings. The molecule has 8 heteroatoms. The molecule has 0 aliphatic carbocycles. The van der Waals surface area contributed by atoms with Gasteiger partial charge in [-0.15, -0.1) is 11.8 Å². The second-order valence-corrected chi connectivity index (χ2v) is 8.45. The zero-order valence-corrected chi connectivity index (χ0v) is 17.5. The fourth-order valence-electron chi connectivity index (χ4n) is 3.37. The van der Waals surface area contributed by atoms with Crippen LogP contribution in [0.2, 0.25) is 0 Å². The van der Waals surface area contributed by atoms with Crippen LogP contribution in [0.3, 0.4) is 0 Å². The standard InChI is InChI=1S/C21H19N3O3S2/c1-23-19(26)18(20(27)24(2)21(23)28)15-11-17(12-6-5-7-13(25)10-12)29-16-9-4-3-8-14(16)22-15/h3-10,17,25-26H,11H2,1-2H3. The number of hydrogen-bond acceptors (Lipinski definition) is 6. The Morgan fingerprint density at radius 1 is 1.10 bits per heavy atom. The Balaban J connectivity index is 1.95. The van der Waals surface area contributed by atoms with E-state index >= 15 is 0 Å². The molecule has 1 aromatic heterocycles. The Morgan fingerprint density at radius 2 is 1.86 bits per heavy atom. The van der Waals surface area contributed by atoms with Gasteiger partial charge in [0.05, 0.1) is 11.4 Å². The monoisotopic (exact) mass is 425 g/mol. The SMILES string of the molecule is Cn1c(O)c(C2=Nc3ccccc3SC(c3cccc(O)c3)C2)c(=O)n(C)c1=S. The topological polar surface area (TPSA) is 79.8 Å². The van der Waals surface area contributed by atoms with Gasteiger partial charge in [0.2, 0.25) is 5.88 Å².